The van der Waals surface area contributed by atoms with Crippen LogP contribution in [0.1, 0.15) is 50.7 Å². The second kappa shape index (κ2) is 8.09. The van der Waals surface area contributed by atoms with Gasteiger partial charge in [0.25, 0.3) is 0 Å². The average Bonchev–Trinajstić information content (AvgIpc) is 3.04. The fourth-order valence-electron chi connectivity index (χ4n) is 3.85. The Morgan fingerprint density at radius 3 is 2.50 bits per heavy atom. The monoisotopic (exact) mass is 368 g/mol. The summed E-state index contributed by atoms with van der Waals surface area (Å²) in [5.74, 6) is 0.849. The zero-order valence-electron chi connectivity index (χ0n) is 15.8. The van der Waals surface area contributed by atoms with Crippen molar-refractivity contribution in [3.63, 3.8) is 0 Å². The lowest BCUT2D eigenvalue weighted by Crippen LogP contribution is -2.46. The Bertz CT molecular complexity index is 766. The van der Waals surface area contributed by atoms with Gasteiger partial charge in [-0.25, -0.2) is 0 Å². The van der Waals surface area contributed by atoms with Crippen LogP contribution in [0.15, 0.2) is 48.5 Å². The SMILES string of the molecule is Cc1ccccc1C1(NC(=S)Nc2cccc(OC(C)C)c2)CCCC1. The van der Waals surface area contributed by atoms with Crippen molar-refractivity contribution in [2.45, 2.75) is 58.1 Å². The van der Waals surface area contributed by atoms with E-state index in [1.54, 1.807) is 0 Å². The van der Waals surface area contributed by atoms with Gasteiger partial charge in [-0.3, -0.25) is 0 Å². The zero-order chi connectivity index (χ0) is 18.6. The first-order chi connectivity index (χ1) is 12.5. The molecule has 2 N–H and O–H groups in total. The lowest BCUT2D eigenvalue weighted by atomic mass is 9.85. The van der Waals surface area contributed by atoms with Gasteiger partial charge in [0, 0.05) is 11.8 Å². The summed E-state index contributed by atoms with van der Waals surface area (Å²) in [7, 11) is 0. The molecule has 3 nitrogen and oxygen atoms in total. The summed E-state index contributed by atoms with van der Waals surface area (Å²) in [4.78, 5) is 0. The van der Waals surface area contributed by atoms with Gasteiger partial charge in [-0.05, 0) is 69.1 Å². The van der Waals surface area contributed by atoms with Gasteiger partial charge in [-0.2, -0.15) is 0 Å². The summed E-state index contributed by atoms with van der Waals surface area (Å²) >= 11 is 5.66. The van der Waals surface area contributed by atoms with E-state index in [4.69, 9.17) is 17.0 Å². The van der Waals surface area contributed by atoms with Crippen LogP contribution in [-0.4, -0.2) is 11.2 Å². The molecule has 1 saturated carbocycles. The number of benzene rings is 2. The Morgan fingerprint density at radius 1 is 1.08 bits per heavy atom. The number of thiocarbonyl (C=S) groups is 1. The Labute approximate surface area is 162 Å². The van der Waals surface area contributed by atoms with E-state index in [0.29, 0.717) is 5.11 Å². The van der Waals surface area contributed by atoms with E-state index in [2.05, 4.69) is 41.8 Å². The summed E-state index contributed by atoms with van der Waals surface area (Å²) in [6.07, 6.45) is 4.81. The molecule has 26 heavy (non-hydrogen) atoms. The summed E-state index contributed by atoms with van der Waals surface area (Å²) < 4.78 is 5.77. The van der Waals surface area contributed by atoms with E-state index < -0.39 is 0 Å². The van der Waals surface area contributed by atoms with Crippen LogP contribution in [-0.2, 0) is 5.54 Å². The summed E-state index contributed by atoms with van der Waals surface area (Å²) in [5.41, 5.74) is 3.55. The van der Waals surface area contributed by atoms with E-state index in [9.17, 15) is 0 Å². The van der Waals surface area contributed by atoms with Crippen molar-refractivity contribution >= 4 is 23.0 Å². The van der Waals surface area contributed by atoms with E-state index in [-0.39, 0.29) is 11.6 Å². The molecule has 0 saturated heterocycles. The first-order valence-electron chi connectivity index (χ1n) is 9.40. The molecule has 0 radical (unpaired) electrons. The second-order valence-corrected chi connectivity index (χ2v) is 7.79. The predicted octanol–water partition coefficient (Wildman–Crippen LogP) is 5.54. The van der Waals surface area contributed by atoms with E-state index in [1.807, 2.05) is 38.1 Å². The van der Waals surface area contributed by atoms with E-state index in [1.165, 1.54) is 24.0 Å². The molecule has 4 heteroatoms. The predicted molar refractivity (Wildman–Crippen MR) is 113 cm³/mol. The molecule has 2 aromatic rings. The van der Waals surface area contributed by atoms with Crippen molar-refractivity contribution in [3.8, 4) is 5.75 Å². The molecular formula is C22H28N2OS. The Morgan fingerprint density at radius 2 is 1.81 bits per heavy atom. The van der Waals surface area contributed by atoms with Crippen LogP contribution in [0.3, 0.4) is 0 Å². The Hall–Kier alpha value is -2.07. The van der Waals surface area contributed by atoms with Crippen molar-refractivity contribution < 1.29 is 4.74 Å². The first-order valence-corrected chi connectivity index (χ1v) is 9.81. The van der Waals surface area contributed by atoms with Gasteiger partial charge in [-0.1, -0.05) is 43.2 Å². The van der Waals surface area contributed by atoms with Gasteiger partial charge in [0.1, 0.15) is 5.75 Å². The highest BCUT2D eigenvalue weighted by Crippen LogP contribution is 2.40. The molecule has 138 valence electrons. The maximum Gasteiger partial charge on any atom is 0.171 e. The zero-order valence-corrected chi connectivity index (χ0v) is 16.7. The highest BCUT2D eigenvalue weighted by Gasteiger charge is 2.37. The normalized spacial score (nSPS) is 15.7. The van der Waals surface area contributed by atoms with E-state index >= 15 is 0 Å². The number of rotatable bonds is 5. The fraction of sp³-hybridized carbons (Fsp3) is 0.409. The van der Waals surface area contributed by atoms with Crippen LogP contribution in [0.25, 0.3) is 0 Å². The minimum absolute atomic E-state index is 0.0680. The molecule has 0 aliphatic heterocycles. The number of ether oxygens (including phenoxy) is 1. The highest BCUT2D eigenvalue weighted by atomic mass is 32.1. The van der Waals surface area contributed by atoms with E-state index in [0.717, 1.165) is 24.3 Å². The van der Waals surface area contributed by atoms with Crippen LogP contribution in [0, 0.1) is 6.92 Å². The van der Waals surface area contributed by atoms with Gasteiger partial charge < -0.3 is 15.4 Å². The fourth-order valence-corrected chi connectivity index (χ4v) is 4.16. The van der Waals surface area contributed by atoms with Crippen molar-refractivity contribution in [1.29, 1.82) is 0 Å². The largest absolute Gasteiger partial charge is 0.491 e. The molecule has 0 atom stereocenters. The third kappa shape index (κ3) is 4.36. The highest BCUT2D eigenvalue weighted by molar-refractivity contribution is 7.80. The number of nitrogens with one attached hydrogen (secondary N) is 2. The number of aryl methyl sites for hydroxylation is 1. The molecule has 0 heterocycles. The lowest BCUT2D eigenvalue weighted by molar-refractivity contribution is 0.242. The van der Waals surface area contributed by atoms with Crippen LogP contribution in [0.2, 0.25) is 0 Å². The third-order valence-corrected chi connectivity index (χ3v) is 5.14. The molecule has 0 aromatic heterocycles. The molecule has 0 amide bonds. The van der Waals surface area contributed by atoms with Gasteiger partial charge in [0.2, 0.25) is 0 Å². The molecule has 1 aliphatic carbocycles. The van der Waals surface area contributed by atoms with Crippen molar-refractivity contribution in [2.24, 2.45) is 0 Å². The molecule has 0 spiro atoms. The molecule has 0 unspecified atom stereocenters. The molecule has 3 rings (SSSR count). The number of hydrogen-bond acceptors (Lipinski definition) is 2. The van der Waals surface area contributed by atoms with Crippen molar-refractivity contribution in [1.82, 2.24) is 5.32 Å². The third-order valence-electron chi connectivity index (χ3n) is 4.93. The van der Waals surface area contributed by atoms with Crippen LogP contribution in [0.5, 0.6) is 5.75 Å². The van der Waals surface area contributed by atoms with Crippen molar-refractivity contribution in [2.75, 3.05) is 5.32 Å². The lowest BCUT2D eigenvalue weighted by Gasteiger charge is -2.34. The quantitative estimate of drug-likeness (QED) is 0.679. The number of hydrogen-bond donors (Lipinski definition) is 2. The Balaban J connectivity index is 1.75. The van der Waals surface area contributed by atoms with Crippen LogP contribution >= 0.6 is 12.2 Å². The summed E-state index contributed by atoms with van der Waals surface area (Å²) in [6, 6.07) is 16.6. The molecule has 1 aliphatic rings. The first kappa shape index (κ1) is 18.7. The Kier molecular flexibility index (Phi) is 5.82. The second-order valence-electron chi connectivity index (χ2n) is 7.38. The van der Waals surface area contributed by atoms with Crippen LogP contribution in [0.4, 0.5) is 5.69 Å². The van der Waals surface area contributed by atoms with Gasteiger partial charge in [0.05, 0.1) is 11.6 Å². The average molecular weight is 369 g/mol. The standard InChI is InChI=1S/C22H28N2OS/c1-16(2)25-19-11-8-10-18(15-19)23-21(26)24-22(13-6-7-14-22)20-12-5-4-9-17(20)3/h4-5,8-12,15-16H,6-7,13-14H2,1-3H3,(H2,23,24,26). The molecule has 0 bridgehead atoms. The smallest absolute Gasteiger partial charge is 0.171 e. The topological polar surface area (TPSA) is 33.3 Å². The maximum atomic E-state index is 5.77. The number of anilines is 1. The summed E-state index contributed by atoms with van der Waals surface area (Å²) in [6.45, 7) is 6.23. The summed E-state index contributed by atoms with van der Waals surface area (Å²) in [5, 5.41) is 7.64. The molecule has 1 fully saturated rings. The van der Waals surface area contributed by atoms with Gasteiger partial charge in [0.15, 0.2) is 5.11 Å². The van der Waals surface area contributed by atoms with Gasteiger partial charge >= 0.3 is 0 Å². The minimum Gasteiger partial charge on any atom is -0.491 e. The molecule has 2 aromatic carbocycles. The maximum absolute atomic E-state index is 5.77. The molecular weight excluding hydrogens is 340 g/mol. The van der Waals surface area contributed by atoms with Crippen molar-refractivity contribution in [3.05, 3.63) is 59.7 Å². The van der Waals surface area contributed by atoms with Crippen LogP contribution < -0.4 is 15.4 Å². The van der Waals surface area contributed by atoms with Gasteiger partial charge in [-0.15, -0.1) is 0 Å². The minimum atomic E-state index is -0.0680.